The van der Waals surface area contributed by atoms with Crippen LogP contribution in [-0.4, -0.2) is 21.9 Å². The average Bonchev–Trinajstić information content (AvgIpc) is 2.95. The molecule has 1 atom stereocenters. The molecular weight excluding hydrogens is 256 g/mol. The molecule has 1 amide bonds. The number of benzene rings is 1. The number of nitrogens with zero attached hydrogens (tertiary/aromatic N) is 1. The summed E-state index contributed by atoms with van der Waals surface area (Å²) in [5, 5.41) is 3.15. The van der Waals surface area contributed by atoms with Gasteiger partial charge in [0.05, 0.1) is 30.4 Å². The van der Waals surface area contributed by atoms with Crippen molar-refractivity contribution < 1.29 is 9.63 Å². The molecule has 1 aromatic carbocycles. The van der Waals surface area contributed by atoms with Gasteiger partial charge in [-0.1, -0.05) is 30.3 Å². The first-order chi connectivity index (χ1) is 9.83. The number of nitrogens with one attached hydrogen (secondary N) is 3. The average molecular weight is 272 g/mol. The molecule has 3 rings (SSSR count). The first-order valence-corrected chi connectivity index (χ1v) is 6.53. The number of carbonyl (C=O) groups excluding carboxylic acids is 1. The highest BCUT2D eigenvalue weighted by molar-refractivity contribution is 5.81. The molecule has 3 N–H and O–H groups in total. The number of imidazole rings is 1. The Balaban J connectivity index is 1.48. The number of hydroxylamine groups is 1. The van der Waals surface area contributed by atoms with Crippen LogP contribution < -0.4 is 10.8 Å². The summed E-state index contributed by atoms with van der Waals surface area (Å²) < 4.78 is 0. The molecule has 20 heavy (non-hydrogen) atoms. The molecule has 0 fully saturated rings. The second-order valence-corrected chi connectivity index (χ2v) is 4.71. The van der Waals surface area contributed by atoms with E-state index >= 15 is 0 Å². The van der Waals surface area contributed by atoms with Gasteiger partial charge in [-0.15, -0.1) is 0 Å². The number of carbonyl (C=O) groups is 1. The molecule has 6 heteroatoms. The predicted octanol–water partition coefficient (Wildman–Crippen LogP) is 0.672. The van der Waals surface area contributed by atoms with E-state index in [1.54, 1.807) is 6.33 Å². The van der Waals surface area contributed by atoms with Crippen LogP contribution in [0, 0.1) is 0 Å². The van der Waals surface area contributed by atoms with Crippen molar-refractivity contribution >= 4 is 5.91 Å². The summed E-state index contributed by atoms with van der Waals surface area (Å²) in [6.45, 7) is 0.971. The van der Waals surface area contributed by atoms with E-state index in [1.165, 1.54) is 0 Å². The van der Waals surface area contributed by atoms with Crippen molar-refractivity contribution in [2.45, 2.75) is 25.6 Å². The van der Waals surface area contributed by atoms with Crippen LogP contribution in [0.2, 0.25) is 0 Å². The van der Waals surface area contributed by atoms with Crippen LogP contribution in [0.3, 0.4) is 0 Å². The molecule has 1 aliphatic rings. The summed E-state index contributed by atoms with van der Waals surface area (Å²) in [5.74, 6) is -0.172. The number of fused-ring (bicyclic) bond motifs is 1. The SMILES string of the molecule is O=C(NOCc1ccccc1)C1Cc2nc[nH]c2CN1. The fourth-order valence-electron chi connectivity index (χ4n) is 2.19. The van der Waals surface area contributed by atoms with E-state index in [0.717, 1.165) is 17.0 Å². The van der Waals surface area contributed by atoms with E-state index in [2.05, 4.69) is 20.8 Å². The van der Waals surface area contributed by atoms with E-state index in [-0.39, 0.29) is 11.9 Å². The van der Waals surface area contributed by atoms with Crippen molar-refractivity contribution in [2.24, 2.45) is 0 Å². The molecule has 1 aliphatic heterocycles. The Kier molecular flexibility index (Phi) is 3.76. The summed E-state index contributed by atoms with van der Waals surface area (Å²) in [6.07, 6.45) is 2.22. The van der Waals surface area contributed by atoms with Crippen molar-refractivity contribution in [1.82, 2.24) is 20.8 Å². The van der Waals surface area contributed by atoms with E-state index in [0.29, 0.717) is 19.6 Å². The zero-order valence-corrected chi connectivity index (χ0v) is 10.9. The summed E-state index contributed by atoms with van der Waals surface area (Å²) >= 11 is 0. The number of rotatable bonds is 4. The van der Waals surface area contributed by atoms with Gasteiger partial charge in [0.1, 0.15) is 0 Å². The lowest BCUT2D eigenvalue weighted by molar-refractivity contribution is -0.137. The maximum atomic E-state index is 12.0. The maximum absolute atomic E-state index is 12.0. The largest absolute Gasteiger partial charge is 0.347 e. The number of aromatic nitrogens is 2. The Bertz CT molecular complexity index is 582. The molecule has 2 heterocycles. The summed E-state index contributed by atoms with van der Waals surface area (Å²) in [7, 11) is 0. The van der Waals surface area contributed by atoms with Gasteiger partial charge in [0.2, 0.25) is 0 Å². The highest BCUT2D eigenvalue weighted by atomic mass is 16.6. The normalized spacial score (nSPS) is 17.5. The van der Waals surface area contributed by atoms with Gasteiger partial charge in [-0.05, 0) is 5.56 Å². The van der Waals surface area contributed by atoms with E-state index in [1.807, 2.05) is 30.3 Å². The highest BCUT2D eigenvalue weighted by Crippen LogP contribution is 2.12. The lowest BCUT2D eigenvalue weighted by Gasteiger charge is -2.21. The Morgan fingerprint density at radius 1 is 1.40 bits per heavy atom. The fraction of sp³-hybridized carbons (Fsp3) is 0.286. The molecule has 0 spiro atoms. The van der Waals surface area contributed by atoms with Crippen molar-refractivity contribution in [3.63, 3.8) is 0 Å². The number of aromatic amines is 1. The highest BCUT2D eigenvalue weighted by Gasteiger charge is 2.25. The molecule has 0 saturated carbocycles. The van der Waals surface area contributed by atoms with Gasteiger partial charge < -0.3 is 4.98 Å². The minimum absolute atomic E-state index is 0.172. The molecular formula is C14H16N4O2. The van der Waals surface area contributed by atoms with Gasteiger partial charge >= 0.3 is 0 Å². The summed E-state index contributed by atoms with van der Waals surface area (Å²) in [5.41, 5.74) is 5.48. The second kappa shape index (κ2) is 5.85. The van der Waals surface area contributed by atoms with Crippen LogP contribution in [0.25, 0.3) is 0 Å². The molecule has 0 saturated heterocycles. The lowest BCUT2D eigenvalue weighted by Crippen LogP contribution is -2.47. The zero-order valence-electron chi connectivity index (χ0n) is 10.9. The van der Waals surface area contributed by atoms with Crippen molar-refractivity contribution in [2.75, 3.05) is 0 Å². The standard InChI is InChI=1S/C14H16N4O2/c19-14(18-20-8-10-4-2-1-3-5-10)12-6-11-13(7-15-12)17-9-16-11/h1-5,9,12,15H,6-8H2,(H,16,17)(H,18,19). The Morgan fingerprint density at radius 3 is 3.10 bits per heavy atom. The Morgan fingerprint density at radius 2 is 2.25 bits per heavy atom. The summed E-state index contributed by atoms with van der Waals surface area (Å²) in [6, 6.07) is 9.39. The smallest absolute Gasteiger partial charge is 0.261 e. The molecule has 0 radical (unpaired) electrons. The second-order valence-electron chi connectivity index (χ2n) is 4.71. The van der Waals surface area contributed by atoms with E-state index < -0.39 is 0 Å². The Hall–Kier alpha value is -2.18. The van der Waals surface area contributed by atoms with Crippen LogP contribution in [-0.2, 0) is 29.2 Å². The van der Waals surface area contributed by atoms with Crippen LogP contribution in [0.5, 0.6) is 0 Å². The molecule has 1 aromatic heterocycles. The first-order valence-electron chi connectivity index (χ1n) is 6.53. The van der Waals surface area contributed by atoms with Gasteiger partial charge in [0, 0.05) is 13.0 Å². The topological polar surface area (TPSA) is 79.0 Å². The monoisotopic (exact) mass is 272 g/mol. The molecule has 104 valence electrons. The quantitative estimate of drug-likeness (QED) is 0.715. The van der Waals surface area contributed by atoms with Gasteiger partial charge in [0.25, 0.3) is 5.91 Å². The molecule has 2 aromatic rings. The Labute approximate surface area is 116 Å². The fourth-order valence-corrected chi connectivity index (χ4v) is 2.19. The molecule has 6 nitrogen and oxygen atoms in total. The van der Waals surface area contributed by atoms with E-state index in [9.17, 15) is 4.79 Å². The number of hydrogen-bond donors (Lipinski definition) is 3. The predicted molar refractivity (Wildman–Crippen MR) is 72.3 cm³/mol. The van der Waals surface area contributed by atoms with Crippen LogP contribution in [0.4, 0.5) is 0 Å². The zero-order chi connectivity index (χ0) is 13.8. The maximum Gasteiger partial charge on any atom is 0.261 e. The van der Waals surface area contributed by atoms with Crippen molar-refractivity contribution in [1.29, 1.82) is 0 Å². The molecule has 0 bridgehead atoms. The molecule has 0 aliphatic carbocycles. The lowest BCUT2D eigenvalue weighted by atomic mass is 10.1. The van der Waals surface area contributed by atoms with E-state index in [4.69, 9.17) is 4.84 Å². The van der Waals surface area contributed by atoms with Crippen LogP contribution in [0.1, 0.15) is 17.0 Å². The minimum atomic E-state index is -0.304. The third-order valence-corrected chi connectivity index (χ3v) is 3.30. The minimum Gasteiger partial charge on any atom is -0.347 e. The van der Waals surface area contributed by atoms with Crippen LogP contribution in [0.15, 0.2) is 36.7 Å². The third-order valence-electron chi connectivity index (χ3n) is 3.30. The van der Waals surface area contributed by atoms with Crippen molar-refractivity contribution in [3.05, 3.63) is 53.6 Å². The molecule has 1 unspecified atom stereocenters. The summed E-state index contributed by atoms with van der Waals surface area (Å²) in [4.78, 5) is 24.5. The van der Waals surface area contributed by atoms with Gasteiger partial charge in [-0.2, -0.15) is 0 Å². The van der Waals surface area contributed by atoms with Gasteiger partial charge in [0.15, 0.2) is 0 Å². The van der Waals surface area contributed by atoms with Gasteiger partial charge in [-0.25, -0.2) is 10.5 Å². The number of hydrogen-bond acceptors (Lipinski definition) is 4. The van der Waals surface area contributed by atoms with Gasteiger partial charge in [-0.3, -0.25) is 14.9 Å². The number of amides is 1. The third kappa shape index (κ3) is 2.87. The first kappa shape index (κ1) is 12.8. The number of H-pyrrole nitrogens is 1. The van der Waals surface area contributed by atoms with Crippen LogP contribution >= 0.6 is 0 Å². The van der Waals surface area contributed by atoms with Crippen molar-refractivity contribution in [3.8, 4) is 0 Å².